The van der Waals surface area contributed by atoms with Crippen LogP contribution in [0, 0.1) is 13.8 Å². The van der Waals surface area contributed by atoms with Crippen LogP contribution >= 0.6 is 22.7 Å². The van der Waals surface area contributed by atoms with Gasteiger partial charge in [-0.05, 0) is 54.4 Å². The van der Waals surface area contributed by atoms with E-state index in [-0.39, 0.29) is 0 Å². The Morgan fingerprint density at radius 3 is 1.79 bits per heavy atom. The van der Waals surface area contributed by atoms with Gasteiger partial charge in [0.15, 0.2) is 0 Å². The standard InChI is InChI=1S/C9H17N3S.C7H11N3S/c1-6(2)12(7(3)4)9-11-10-8(5)13-9;1-6-8-9-7(11-6)10-4-2-3-5-10/h6-7H,1-5H3;2-5H2,1H3. The van der Waals surface area contributed by atoms with Gasteiger partial charge in [0.1, 0.15) is 10.0 Å². The predicted molar refractivity (Wildman–Crippen MR) is 103 cm³/mol. The molecule has 0 spiro atoms. The molecule has 0 amide bonds. The van der Waals surface area contributed by atoms with Gasteiger partial charge in [0.2, 0.25) is 10.3 Å². The van der Waals surface area contributed by atoms with Gasteiger partial charge >= 0.3 is 0 Å². The zero-order chi connectivity index (χ0) is 17.7. The lowest BCUT2D eigenvalue weighted by atomic mass is 10.2. The maximum atomic E-state index is 4.15. The first-order valence-electron chi connectivity index (χ1n) is 8.52. The monoisotopic (exact) mass is 368 g/mol. The molecular formula is C16H28N6S2. The summed E-state index contributed by atoms with van der Waals surface area (Å²) < 4.78 is 0. The van der Waals surface area contributed by atoms with Crippen molar-refractivity contribution in [3.63, 3.8) is 0 Å². The van der Waals surface area contributed by atoms with E-state index in [1.165, 1.54) is 12.8 Å². The van der Waals surface area contributed by atoms with Crippen molar-refractivity contribution in [1.29, 1.82) is 0 Å². The maximum absolute atomic E-state index is 4.15. The van der Waals surface area contributed by atoms with Gasteiger partial charge in [-0.2, -0.15) is 0 Å². The third kappa shape index (κ3) is 5.11. The van der Waals surface area contributed by atoms with Gasteiger partial charge < -0.3 is 9.80 Å². The van der Waals surface area contributed by atoms with Crippen LogP contribution in [-0.2, 0) is 0 Å². The van der Waals surface area contributed by atoms with Crippen LogP contribution in [0.4, 0.5) is 10.3 Å². The first-order valence-corrected chi connectivity index (χ1v) is 10.1. The van der Waals surface area contributed by atoms with E-state index < -0.39 is 0 Å². The normalized spacial score (nSPS) is 14.2. The summed E-state index contributed by atoms with van der Waals surface area (Å²) in [6.07, 6.45) is 2.61. The minimum absolute atomic E-state index is 0.479. The fourth-order valence-corrected chi connectivity index (χ4v) is 4.44. The summed E-state index contributed by atoms with van der Waals surface area (Å²) in [4.78, 5) is 4.59. The molecule has 0 saturated carbocycles. The molecule has 1 aliphatic rings. The van der Waals surface area contributed by atoms with E-state index in [0.29, 0.717) is 12.1 Å². The van der Waals surface area contributed by atoms with Crippen LogP contribution in [0.15, 0.2) is 0 Å². The zero-order valence-corrected chi connectivity index (χ0v) is 17.1. The van der Waals surface area contributed by atoms with Crippen LogP contribution in [0.25, 0.3) is 0 Å². The van der Waals surface area contributed by atoms with Crippen molar-refractivity contribution in [2.24, 2.45) is 0 Å². The molecule has 8 heteroatoms. The molecule has 134 valence electrons. The maximum Gasteiger partial charge on any atom is 0.208 e. The molecule has 3 heterocycles. The fourth-order valence-electron chi connectivity index (χ4n) is 2.75. The lowest BCUT2D eigenvalue weighted by Gasteiger charge is -2.29. The quantitative estimate of drug-likeness (QED) is 0.815. The number of anilines is 2. The Hall–Kier alpha value is -1.28. The Balaban J connectivity index is 0.000000175. The van der Waals surface area contributed by atoms with Crippen LogP contribution < -0.4 is 9.80 Å². The molecule has 24 heavy (non-hydrogen) atoms. The van der Waals surface area contributed by atoms with Gasteiger partial charge in [-0.15, -0.1) is 20.4 Å². The third-order valence-corrected chi connectivity index (χ3v) is 5.49. The first kappa shape index (κ1) is 19.1. The minimum Gasteiger partial charge on any atom is -0.347 e. The number of aryl methyl sites for hydroxylation is 2. The highest BCUT2D eigenvalue weighted by molar-refractivity contribution is 7.15. The topological polar surface area (TPSA) is 58.0 Å². The van der Waals surface area contributed by atoms with Crippen LogP contribution in [0.3, 0.4) is 0 Å². The molecule has 0 aromatic carbocycles. The Morgan fingerprint density at radius 2 is 1.38 bits per heavy atom. The van der Waals surface area contributed by atoms with Crippen molar-refractivity contribution < 1.29 is 0 Å². The van der Waals surface area contributed by atoms with E-state index in [2.05, 4.69) is 57.9 Å². The molecule has 6 nitrogen and oxygen atoms in total. The SMILES string of the molecule is Cc1nnc(N(C(C)C)C(C)C)s1.Cc1nnc(N2CCCC2)s1. The van der Waals surface area contributed by atoms with E-state index in [4.69, 9.17) is 0 Å². The number of nitrogens with zero attached hydrogens (tertiary/aromatic N) is 6. The van der Waals surface area contributed by atoms with E-state index in [0.717, 1.165) is 33.4 Å². The smallest absolute Gasteiger partial charge is 0.208 e. The summed E-state index contributed by atoms with van der Waals surface area (Å²) in [5.41, 5.74) is 0. The number of rotatable bonds is 4. The van der Waals surface area contributed by atoms with E-state index in [1.807, 2.05) is 13.8 Å². The molecular weight excluding hydrogens is 340 g/mol. The second-order valence-corrected chi connectivity index (χ2v) is 8.82. The molecule has 0 N–H and O–H groups in total. The summed E-state index contributed by atoms with van der Waals surface area (Å²) in [6, 6.07) is 0.958. The molecule has 2 aromatic heterocycles. The lowest BCUT2D eigenvalue weighted by molar-refractivity contribution is 0.603. The molecule has 1 aliphatic heterocycles. The summed E-state index contributed by atoms with van der Waals surface area (Å²) in [6.45, 7) is 15.0. The van der Waals surface area contributed by atoms with Crippen LogP contribution in [0.1, 0.15) is 50.6 Å². The predicted octanol–water partition coefficient (Wildman–Crippen LogP) is 3.92. The highest BCUT2D eigenvalue weighted by Gasteiger charge is 2.17. The Labute approximate surface area is 152 Å². The van der Waals surface area contributed by atoms with Crippen molar-refractivity contribution in [2.45, 2.75) is 66.5 Å². The van der Waals surface area contributed by atoms with Gasteiger partial charge in [-0.3, -0.25) is 0 Å². The molecule has 1 fully saturated rings. The van der Waals surface area contributed by atoms with Gasteiger partial charge in [0, 0.05) is 25.2 Å². The number of aromatic nitrogens is 4. The summed E-state index contributed by atoms with van der Waals surface area (Å²) in [7, 11) is 0. The molecule has 1 saturated heterocycles. The molecule has 0 aliphatic carbocycles. The van der Waals surface area contributed by atoms with Crippen molar-refractivity contribution in [3.05, 3.63) is 10.0 Å². The summed E-state index contributed by atoms with van der Waals surface area (Å²) in [5.74, 6) is 0. The minimum atomic E-state index is 0.479. The van der Waals surface area contributed by atoms with Gasteiger partial charge in [0.25, 0.3) is 0 Å². The Morgan fingerprint density at radius 1 is 0.833 bits per heavy atom. The van der Waals surface area contributed by atoms with E-state index >= 15 is 0 Å². The average molecular weight is 369 g/mol. The van der Waals surface area contributed by atoms with E-state index in [1.54, 1.807) is 22.7 Å². The van der Waals surface area contributed by atoms with Crippen molar-refractivity contribution >= 4 is 32.9 Å². The molecule has 0 bridgehead atoms. The van der Waals surface area contributed by atoms with Crippen LogP contribution in [0.2, 0.25) is 0 Å². The van der Waals surface area contributed by atoms with Gasteiger partial charge in [0.05, 0.1) is 0 Å². The fraction of sp³-hybridized carbons (Fsp3) is 0.750. The average Bonchev–Trinajstić information content (AvgIpc) is 3.20. The summed E-state index contributed by atoms with van der Waals surface area (Å²) >= 11 is 3.34. The number of hydrogen-bond donors (Lipinski definition) is 0. The first-order chi connectivity index (χ1) is 11.4. The molecule has 0 radical (unpaired) electrons. The highest BCUT2D eigenvalue weighted by Crippen LogP contribution is 2.24. The molecule has 3 rings (SSSR count). The molecule has 0 atom stereocenters. The Bertz CT molecular complexity index is 608. The van der Waals surface area contributed by atoms with Crippen molar-refractivity contribution in [3.8, 4) is 0 Å². The lowest BCUT2D eigenvalue weighted by Crippen LogP contribution is -2.36. The second-order valence-electron chi connectivity index (χ2n) is 6.50. The van der Waals surface area contributed by atoms with Gasteiger partial charge in [-0.1, -0.05) is 22.7 Å². The number of hydrogen-bond acceptors (Lipinski definition) is 8. The van der Waals surface area contributed by atoms with Crippen molar-refractivity contribution in [1.82, 2.24) is 20.4 Å². The highest BCUT2D eigenvalue weighted by atomic mass is 32.1. The molecule has 0 unspecified atom stereocenters. The van der Waals surface area contributed by atoms with Crippen molar-refractivity contribution in [2.75, 3.05) is 22.9 Å². The van der Waals surface area contributed by atoms with Gasteiger partial charge in [-0.25, -0.2) is 0 Å². The third-order valence-electron chi connectivity index (χ3n) is 3.74. The largest absolute Gasteiger partial charge is 0.347 e. The zero-order valence-electron chi connectivity index (χ0n) is 15.5. The summed E-state index contributed by atoms with van der Waals surface area (Å²) in [5, 5.41) is 20.5. The Kier molecular flexibility index (Phi) is 6.91. The second kappa shape index (κ2) is 8.71. The van der Waals surface area contributed by atoms with Crippen LogP contribution in [-0.4, -0.2) is 45.6 Å². The molecule has 2 aromatic rings. The van der Waals surface area contributed by atoms with Crippen LogP contribution in [0.5, 0.6) is 0 Å². The van der Waals surface area contributed by atoms with E-state index in [9.17, 15) is 0 Å².